The molecule has 5 rings (SSSR count). The molecule has 3 aromatic rings. The number of benzene rings is 2. The van der Waals surface area contributed by atoms with Crippen LogP contribution in [0.25, 0.3) is 5.57 Å². The van der Waals surface area contributed by atoms with Crippen molar-refractivity contribution in [3.05, 3.63) is 82.9 Å². The fourth-order valence-electron chi connectivity index (χ4n) is 4.17. The fraction of sp³-hybridized carbons (Fsp3) is 0.208. The number of nitrogens with two attached hydrogens (primary N) is 1. The van der Waals surface area contributed by atoms with Crippen LogP contribution in [0.2, 0.25) is 0 Å². The van der Waals surface area contributed by atoms with Crippen molar-refractivity contribution in [3.8, 4) is 0 Å². The quantitative estimate of drug-likeness (QED) is 0.394. The van der Waals surface area contributed by atoms with E-state index in [1.807, 2.05) is 43.3 Å². The molecule has 9 nitrogen and oxygen atoms in total. The van der Waals surface area contributed by atoms with Crippen molar-refractivity contribution in [1.29, 1.82) is 0 Å². The fourth-order valence-corrected chi connectivity index (χ4v) is 4.17. The summed E-state index contributed by atoms with van der Waals surface area (Å²) in [6, 6.07) is 14.2. The summed E-state index contributed by atoms with van der Waals surface area (Å²) in [7, 11) is 0. The molecule has 3 heterocycles. The highest BCUT2D eigenvalue weighted by Crippen LogP contribution is 2.46. The van der Waals surface area contributed by atoms with E-state index >= 15 is 0 Å². The zero-order chi connectivity index (χ0) is 22.9. The zero-order valence-electron chi connectivity index (χ0n) is 18.0. The van der Waals surface area contributed by atoms with Crippen LogP contribution in [0.5, 0.6) is 0 Å². The molecule has 2 unspecified atom stereocenters. The number of rotatable bonds is 6. The summed E-state index contributed by atoms with van der Waals surface area (Å²) < 4.78 is 5.46. The largest absolute Gasteiger partial charge is 0.371 e. The van der Waals surface area contributed by atoms with Crippen LogP contribution in [-0.4, -0.2) is 23.0 Å². The monoisotopic (exact) mass is 444 g/mol. The maximum absolute atomic E-state index is 12.7. The molecule has 0 bridgehead atoms. The molecule has 0 spiro atoms. The van der Waals surface area contributed by atoms with Crippen molar-refractivity contribution >= 4 is 28.8 Å². The van der Waals surface area contributed by atoms with Gasteiger partial charge in [0.05, 0.1) is 17.3 Å². The predicted molar refractivity (Wildman–Crippen MR) is 124 cm³/mol. The van der Waals surface area contributed by atoms with Gasteiger partial charge in [-0.3, -0.25) is 15.0 Å². The Hall–Kier alpha value is -4.11. The molecule has 1 aromatic heterocycles. The molecule has 0 fully saturated rings. The van der Waals surface area contributed by atoms with E-state index in [9.17, 15) is 9.59 Å². The molecule has 2 aromatic carbocycles. The van der Waals surface area contributed by atoms with E-state index in [0.717, 1.165) is 22.4 Å². The van der Waals surface area contributed by atoms with Crippen LogP contribution in [0.1, 0.15) is 45.4 Å². The highest BCUT2D eigenvalue weighted by Gasteiger charge is 2.36. The number of hydrogen-bond donors (Lipinski definition) is 5. The number of anilines is 2. The van der Waals surface area contributed by atoms with Gasteiger partial charge in [-0.05, 0) is 37.5 Å². The predicted octanol–water partition coefficient (Wildman–Crippen LogP) is 2.64. The Balaban J connectivity index is 1.38. The van der Waals surface area contributed by atoms with Crippen LogP contribution in [0.4, 0.5) is 11.4 Å². The highest BCUT2D eigenvalue weighted by molar-refractivity contribution is 6.07. The van der Waals surface area contributed by atoms with E-state index in [1.54, 1.807) is 18.3 Å². The molecule has 9 heteroatoms. The first-order chi connectivity index (χ1) is 16.0. The summed E-state index contributed by atoms with van der Waals surface area (Å²) in [5.74, 6) is 0.0187. The van der Waals surface area contributed by atoms with Crippen LogP contribution in [0.15, 0.2) is 59.3 Å². The number of carbonyl (C=O) groups excluding carboxylic acids is 2. The van der Waals surface area contributed by atoms with Gasteiger partial charge in [0.15, 0.2) is 5.76 Å². The van der Waals surface area contributed by atoms with Crippen molar-refractivity contribution in [1.82, 2.24) is 16.0 Å². The first kappa shape index (κ1) is 20.8. The molecule has 168 valence electrons. The molecule has 0 saturated carbocycles. The lowest BCUT2D eigenvalue weighted by Gasteiger charge is -2.15. The molecule has 33 heavy (non-hydrogen) atoms. The molecule has 2 amide bonds. The Labute approximate surface area is 190 Å². The number of carbonyl (C=O) groups is 2. The second kappa shape index (κ2) is 8.44. The molecule has 6 N–H and O–H groups in total. The molecule has 0 aliphatic carbocycles. The van der Waals surface area contributed by atoms with Crippen molar-refractivity contribution in [2.75, 3.05) is 10.6 Å². The Kier molecular flexibility index (Phi) is 5.31. The van der Waals surface area contributed by atoms with E-state index in [1.165, 1.54) is 0 Å². The summed E-state index contributed by atoms with van der Waals surface area (Å²) in [4.78, 5) is 25.4. The molecule has 2 aliphatic rings. The Bertz CT molecular complexity index is 1250. The minimum Gasteiger partial charge on any atom is -0.371 e. The number of hydrogen-bond acceptors (Lipinski definition) is 7. The third-order valence-corrected chi connectivity index (χ3v) is 5.82. The van der Waals surface area contributed by atoms with Crippen LogP contribution in [-0.2, 0) is 11.2 Å². The van der Waals surface area contributed by atoms with Gasteiger partial charge < -0.3 is 26.3 Å². The van der Waals surface area contributed by atoms with Crippen LogP contribution < -0.4 is 27.2 Å². The first-order valence-electron chi connectivity index (χ1n) is 10.7. The SMILES string of the molecule is Cc1cc(C2Nc3cc(NC(=O)C(N)CCc4ccccc4)cc4c3C2=CNNC4=O)on1. The number of nitrogens with one attached hydrogen (secondary N) is 4. The van der Waals surface area contributed by atoms with Gasteiger partial charge in [0.25, 0.3) is 5.91 Å². The number of aryl methyl sites for hydroxylation is 2. The zero-order valence-corrected chi connectivity index (χ0v) is 18.0. The summed E-state index contributed by atoms with van der Waals surface area (Å²) in [6.07, 6.45) is 2.94. The summed E-state index contributed by atoms with van der Waals surface area (Å²) in [5, 5.41) is 10.2. The first-order valence-corrected chi connectivity index (χ1v) is 10.7. The molecular weight excluding hydrogens is 420 g/mol. The lowest BCUT2D eigenvalue weighted by Crippen LogP contribution is -2.36. The Morgan fingerprint density at radius 3 is 2.82 bits per heavy atom. The third kappa shape index (κ3) is 4.06. The average Bonchev–Trinajstić information content (AvgIpc) is 3.36. The van der Waals surface area contributed by atoms with E-state index in [0.29, 0.717) is 35.5 Å². The lowest BCUT2D eigenvalue weighted by atomic mass is 9.96. The standard InChI is InChI=1S/C24H24N6O3/c1-13-9-20(33-30-13)22-17-12-26-29-23(31)16-10-15(11-19(28-22)21(16)17)27-24(32)18(25)8-7-14-5-3-2-4-6-14/h2-6,9-12,18,22,26,28H,7-8,25H2,1H3,(H,27,32)(H,29,31). The highest BCUT2D eigenvalue weighted by atomic mass is 16.5. The van der Waals surface area contributed by atoms with Crippen molar-refractivity contribution in [2.45, 2.75) is 31.8 Å². The number of nitrogens with zero attached hydrogens (tertiary/aromatic N) is 1. The number of aromatic nitrogens is 1. The second-order valence-corrected chi connectivity index (χ2v) is 8.21. The Morgan fingerprint density at radius 1 is 1.24 bits per heavy atom. The molecule has 2 atom stereocenters. The van der Waals surface area contributed by atoms with Crippen LogP contribution >= 0.6 is 0 Å². The number of amides is 2. The lowest BCUT2D eigenvalue weighted by molar-refractivity contribution is -0.117. The van der Waals surface area contributed by atoms with Gasteiger partial charge >= 0.3 is 0 Å². The van der Waals surface area contributed by atoms with Crippen LogP contribution in [0, 0.1) is 6.92 Å². The third-order valence-electron chi connectivity index (χ3n) is 5.82. The minimum absolute atomic E-state index is 0.304. The molecule has 2 aliphatic heterocycles. The summed E-state index contributed by atoms with van der Waals surface area (Å²) in [5.41, 5.74) is 16.7. The van der Waals surface area contributed by atoms with Gasteiger partial charge in [-0.2, -0.15) is 0 Å². The molecule has 0 saturated heterocycles. The molecular formula is C24H24N6O3. The van der Waals surface area contributed by atoms with Gasteiger partial charge in [0.1, 0.15) is 6.04 Å². The summed E-state index contributed by atoms with van der Waals surface area (Å²) >= 11 is 0. The summed E-state index contributed by atoms with van der Waals surface area (Å²) in [6.45, 7) is 1.85. The number of hydrazine groups is 1. The van der Waals surface area contributed by atoms with Gasteiger partial charge in [-0.1, -0.05) is 35.5 Å². The molecule has 0 radical (unpaired) electrons. The van der Waals surface area contributed by atoms with Crippen molar-refractivity contribution in [2.24, 2.45) is 5.73 Å². The van der Waals surface area contributed by atoms with E-state index in [2.05, 4.69) is 26.6 Å². The van der Waals surface area contributed by atoms with Gasteiger partial charge in [0, 0.05) is 34.8 Å². The van der Waals surface area contributed by atoms with Gasteiger partial charge in [-0.25, -0.2) is 0 Å². The maximum atomic E-state index is 12.7. The van der Waals surface area contributed by atoms with Crippen molar-refractivity contribution < 1.29 is 14.1 Å². The smallest absolute Gasteiger partial charge is 0.270 e. The van der Waals surface area contributed by atoms with Gasteiger partial charge in [-0.15, -0.1) is 0 Å². The van der Waals surface area contributed by atoms with E-state index in [4.69, 9.17) is 10.3 Å². The van der Waals surface area contributed by atoms with E-state index in [-0.39, 0.29) is 17.9 Å². The van der Waals surface area contributed by atoms with Crippen LogP contribution in [0.3, 0.4) is 0 Å². The topological polar surface area (TPSA) is 134 Å². The second-order valence-electron chi connectivity index (χ2n) is 8.21. The minimum atomic E-state index is -0.679. The average molecular weight is 444 g/mol. The van der Waals surface area contributed by atoms with Gasteiger partial charge in [0.2, 0.25) is 5.91 Å². The van der Waals surface area contributed by atoms with Crippen molar-refractivity contribution in [3.63, 3.8) is 0 Å². The van der Waals surface area contributed by atoms with E-state index < -0.39 is 6.04 Å². The normalized spacial score (nSPS) is 17.1. The maximum Gasteiger partial charge on any atom is 0.270 e. The Morgan fingerprint density at radius 2 is 2.06 bits per heavy atom.